The molecule has 0 aliphatic carbocycles. The Morgan fingerprint density at radius 1 is 1.23 bits per heavy atom. The number of nitriles is 1. The lowest BCUT2D eigenvalue weighted by atomic mass is 10.2. The minimum Gasteiger partial charge on any atom is -0.322 e. The number of nitrogens with one attached hydrogen (secondary N) is 2. The quantitative estimate of drug-likeness (QED) is 0.732. The van der Waals surface area contributed by atoms with Gasteiger partial charge in [-0.25, -0.2) is 4.79 Å². The Balaban J connectivity index is 1.92. The summed E-state index contributed by atoms with van der Waals surface area (Å²) in [6.07, 6.45) is 2.62. The molecule has 0 bridgehead atoms. The van der Waals surface area contributed by atoms with Crippen LogP contribution in [0.1, 0.15) is 21.6 Å². The van der Waals surface area contributed by atoms with Gasteiger partial charge in [-0.15, -0.1) is 0 Å². The average Bonchev–Trinajstić information content (AvgIpc) is 2.66. The maximum absolute atomic E-state index is 12.6. The second-order valence-electron chi connectivity index (χ2n) is 5.37. The third-order valence-electron chi connectivity index (χ3n) is 3.60. The number of rotatable bonds is 4. The first kappa shape index (κ1) is 16.9. The van der Waals surface area contributed by atoms with E-state index in [9.17, 15) is 14.4 Å². The first-order valence-electron chi connectivity index (χ1n) is 7.62. The molecular weight excluding hydrogens is 334 g/mol. The zero-order valence-corrected chi connectivity index (χ0v) is 13.5. The number of carbonyl (C=O) groups is 1. The van der Waals surface area contributed by atoms with Gasteiger partial charge in [0.2, 0.25) is 0 Å². The third kappa shape index (κ3) is 3.57. The summed E-state index contributed by atoms with van der Waals surface area (Å²) in [7, 11) is 0. The standard InChI is InChI=1S/C18H13N5O3/c19-9-12-4-3-6-13(8-12)22-16(24)15-10-21-18(26)23(17(15)25)11-14-5-1-2-7-20-14/h1-8,10H,11H2,(H,21,26)(H,22,24). The van der Waals surface area contributed by atoms with Gasteiger partial charge in [-0.05, 0) is 30.3 Å². The Kier molecular flexibility index (Phi) is 4.71. The number of anilines is 1. The van der Waals surface area contributed by atoms with E-state index in [4.69, 9.17) is 5.26 Å². The molecule has 0 atom stereocenters. The molecule has 0 spiro atoms. The van der Waals surface area contributed by atoms with Crippen LogP contribution in [0.3, 0.4) is 0 Å². The van der Waals surface area contributed by atoms with E-state index in [-0.39, 0.29) is 12.1 Å². The van der Waals surface area contributed by atoms with Crippen molar-refractivity contribution in [3.05, 3.63) is 92.5 Å². The number of benzene rings is 1. The summed E-state index contributed by atoms with van der Waals surface area (Å²) >= 11 is 0. The zero-order valence-electron chi connectivity index (χ0n) is 13.5. The van der Waals surface area contributed by atoms with Crippen LogP contribution in [0.5, 0.6) is 0 Å². The minimum atomic E-state index is -0.728. The molecule has 3 rings (SSSR count). The number of hydrogen-bond acceptors (Lipinski definition) is 5. The molecule has 0 saturated heterocycles. The van der Waals surface area contributed by atoms with Crippen LogP contribution < -0.4 is 16.6 Å². The third-order valence-corrected chi connectivity index (χ3v) is 3.60. The molecule has 8 nitrogen and oxygen atoms in total. The number of aromatic nitrogens is 3. The number of pyridine rings is 1. The summed E-state index contributed by atoms with van der Waals surface area (Å²) in [4.78, 5) is 43.4. The van der Waals surface area contributed by atoms with Gasteiger partial charge < -0.3 is 10.3 Å². The van der Waals surface area contributed by atoms with Crippen LogP contribution in [0.25, 0.3) is 0 Å². The number of hydrogen-bond donors (Lipinski definition) is 2. The molecule has 0 saturated carbocycles. The van der Waals surface area contributed by atoms with Crippen molar-refractivity contribution in [3.8, 4) is 6.07 Å². The second kappa shape index (κ2) is 7.27. The van der Waals surface area contributed by atoms with Gasteiger partial charge in [-0.3, -0.25) is 19.1 Å². The summed E-state index contributed by atoms with van der Waals surface area (Å²) in [6, 6.07) is 13.4. The summed E-state index contributed by atoms with van der Waals surface area (Å²) < 4.78 is 0.906. The van der Waals surface area contributed by atoms with Gasteiger partial charge >= 0.3 is 5.69 Å². The molecule has 3 aromatic rings. The Labute approximate surface area is 147 Å². The molecule has 2 heterocycles. The zero-order chi connectivity index (χ0) is 18.5. The Bertz CT molecular complexity index is 1110. The molecule has 0 radical (unpaired) electrons. The number of aromatic amines is 1. The molecule has 0 aliphatic heterocycles. The van der Waals surface area contributed by atoms with Crippen molar-refractivity contribution >= 4 is 11.6 Å². The molecular formula is C18H13N5O3. The molecule has 26 heavy (non-hydrogen) atoms. The number of amides is 1. The van der Waals surface area contributed by atoms with Gasteiger partial charge in [0.15, 0.2) is 0 Å². The van der Waals surface area contributed by atoms with Gasteiger partial charge in [-0.1, -0.05) is 12.1 Å². The van der Waals surface area contributed by atoms with Crippen LogP contribution in [-0.4, -0.2) is 20.4 Å². The molecule has 0 fully saturated rings. The van der Waals surface area contributed by atoms with E-state index in [0.717, 1.165) is 10.8 Å². The van der Waals surface area contributed by atoms with Crippen LogP contribution in [0, 0.1) is 11.3 Å². The fourth-order valence-corrected chi connectivity index (χ4v) is 2.34. The summed E-state index contributed by atoms with van der Waals surface area (Å²) in [5.74, 6) is -0.684. The molecule has 128 valence electrons. The topological polar surface area (TPSA) is 121 Å². The molecule has 1 aromatic carbocycles. The second-order valence-corrected chi connectivity index (χ2v) is 5.37. The Morgan fingerprint density at radius 3 is 2.81 bits per heavy atom. The van der Waals surface area contributed by atoms with Crippen LogP contribution in [-0.2, 0) is 6.54 Å². The molecule has 2 N–H and O–H groups in total. The van der Waals surface area contributed by atoms with Gasteiger partial charge in [0, 0.05) is 18.1 Å². The Hall–Kier alpha value is -3.99. The lowest BCUT2D eigenvalue weighted by Crippen LogP contribution is -2.39. The van der Waals surface area contributed by atoms with Crippen LogP contribution in [0.2, 0.25) is 0 Å². The molecule has 0 aliphatic rings. The smallest absolute Gasteiger partial charge is 0.322 e. The van der Waals surface area contributed by atoms with Crippen molar-refractivity contribution in [2.24, 2.45) is 0 Å². The fraction of sp³-hybridized carbons (Fsp3) is 0.0556. The van der Waals surface area contributed by atoms with E-state index >= 15 is 0 Å². The van der Waals surface area contributed by atoms with E-state index < -0.39 is 17.2 Å². The first-order valence-corrected chi connectivity index (χ1v) is 7.62. The summed E-state index contributed by atoms with van der Waals surface area (Å²) in [6.45, 7) is -0.0555. The highest BCUT2D eigenvalue weighted by atomic mass is 16.2. The van der Waals surface area contributed by atoms with Gasteiger partial charge in [-0.2, -0.15) is 5.26 Å². The van der Waals surface area contributed by atoms with Crippen LogP contribution in [0.15, 0.2) is 64.4 Å². The van der Waals surface area contributed by atoms with E-state index in [1.807, 2.05) is 6.07 Å². The van der Waals surface area contributed by atoms with Gasteiger partial charge in [0.05, 0.1) is 23.9 Å². The predicted octanol–water partition coefficient (Wildman–Crippen LogP) is 1.10. The van der Waals surface area contributed by atoms with Crippen LogP contribution in [0.4, 0.5) is 5.69 Å². The highest BCUT2D eigenvalue weighted by molar-refractivity contribution is 6.03. The minimum absolute atomic E-state index is 0.0555. The lowest BCUT2D eigenvalue weighted by molar-refractivity contribution is 0.102. The van der Waals surface area contributed by atoms with Crippen molar-refractivity contribution < 1.29 is 4.79 Å². The fourth-order valence-electron chi connectivity index (χ4n) is 2.34. The summed E-state index contributed by atoms with van der Waals surface area (Å²) in [5, 5.41) is 11.4. The average molecular weight is 347 g/mol. The molecule has 8 heteroatoms. The normalized spacial score (nSPS) is 10.1. The van der Waals surface area contributed by atoms with Crippen molar-refractivity contribution in [3.63, 3.8) is 0 Å². The number of carbonyl (C=O) groups excluding carboxylic acids is 1. The Morgan fingerprint density at radius 2 is 2.08 bits per heavy atom. The predicted molar refractivity (Wildman–Crippen MR) is 93.8 cm³/mol. The van der Waals surface area contributed by atoms with Crippen LogP contribution >= 0.6 is 0 Å². The van der Waals surface area contributed by atoms with E-state index in [1.54, 1.807) is 42.6 Å². The van der Waals surface area contributed by atoms with Crippen molar-refractivity contribution in [1.29, 1.82) is 5.26 Å². The van der Waals surface area contributed by atoms with E-state index in [2.05, 4.69) is 15.3 Å². The van der Waals surface area contributed by atoms with Gasteiger partial charge in [0.25, 0.3) is 11.5 Å². The molecule has 1 amide bonds. The SMILES string of the molecule is N#Cc1cccc(NC(=O)c2c[nH]c(=O)n(Cc3ccccn3)c2=O)c1. The maximum Gasteiger partial charge on any atom is 0.328 e. The summed E-state index contributed by atoms with van der Waals surface area (Å²) in [5.41, 5.74) is -0.327. The molecule has 2 aromatic heterocycles. The monoisotopic (exact) mass is 347 g/mol. The first-order chi connectivity index (χ1) is 12.6. The van der Waals surface area contributed by atoms with E-state index in [1.165, 1.54) is 6.07 Å². The highest BCUT2D eigenvalue weighted by Crippen LogP contribution is 2.10. The molecule has 0 unspecified atom stereocenters. The maximum atomic E-state index is 12.6. The van der Waals surface area contributed by atoms with E-state index in [0.29, 0.717) is 16.9 Å². The highest BCUT2D eigenvalue weighted by Gasteiger charge is 2.15. The number of H-pyrrole nitrogens is 1. The lowest BCUT2D eigenvalue weighted by Gasteiger charge is -2.08. The van der Waals surface area contributed by atoms with Crippen molar-refractivity contribution in [2.75, 3.05) is 5.32 Å². The van der Waals surface area contributed by atoms with Crippen molar-refractivity contribution in [1.82, 2.24) is 14.5 Å². The number of nitrogens with zero attached hydrogens (tertiary/aromatic N) is 3. The van der Waals surface area contributed by atoms with Gasteiger partial charge in [0.1, 0.15) is 5.56 Å². The van der Waals surface area contributed by atoms with Crippen molar-refractivity contribution in [2.45, 2.75) is 6.54 Å². The largest absolute Gasteiger partial charge is 0.328 e.